The summed E-state index contributed by atoms with van der Waals surface area (Å²) in [6, 6.07) is 4.66. The zero-order chi connectivity index (χ0) is 12.6. The predicted octanol–water partition coefficient (Wildman–Crippen LogP) is 5.71. The molecule has 6 heteroatoms. The van der Waals surface area contributed by atoms with E-state index in [1.54, 1.807) is 22.7 Å². The third-order valence-electron chi connectivity index (χ3n) is 2.40. The number of thiophene rings is 2. The summed E-state index contributed by atoms with van der Waals surface area (Å²) in [5.41, 5.74) is 1.29. The SMILES string of the molecule is CNC(c1cc(C)c(Br)s1)c1cc(Br)c(Br)s1. The predicted molar refractivity (Wildman–Crippen MR) is 87.4 cm³/mol. The van der Waals surface area contributed by atoms with Gasteiger partial charge >= 0.3 is 0 Å². The standard InChI is InChI=1S/C11H10Br3NS2/c1-5-3-7(16-10(5)13)9(15-2)8-4-6(12)11(14)17-8/h3-4,9,15H,1-2H3. The van der Waals surface area contributed by atoms with Gasteiger partial charge in [-0.3, -0.25) is 0 Å². The first-order valence-corrected chi connectivity index (χ1v) is 8.92. The van der Waals surface area contributed by atoms with Gasteiger partial charge in [-0.15, -0.1) is 22.7 Å². The molecule has 92 valence electrons. The Morgan fingerprint density at radius 2 is 1.65 bits per heavy atom. The Morgan fingerprint density at radius 3 is 2.06 bits per heavy atom. The van der Waals surface area contributed by atoms with Gasteiger partial charge < -0.3 is 5.32 Å². The monoisotopic (exact) mass is 457 g/mol. The first kappa shape index (κ1) is 14.2. The highest BCUT2D eigenvalue weighted by atomic mass is 79.9. The lowest BCUT2D eigenvalue weighted by molar-refractivity contribution is 0.716. The molecule has 0 amide bonds. The van der Waals surface area contributed by atoms with Crippen molar-refractivity contribution in [1.82, 2.24) is 5.32 Å². The van der Waals surface area contributed by atoms with Gasteiger partial charge in [0.2, 0.25) is 0 Å². The third-order valence-corrected chi connectivity index (χ3v) is 7.92. The zero-order valence-corrected chi connectivity index (χ0v) is 15.6. The van der Waals surface area contributed by atoms with Crippen LogP contribution >= 0.6 is 70.5 Å². The Hall–Kier alpha value is 0.800. The molecule has 0 aliphatic heterocycles. The number of halogens is 3. The van der Waals surface area contributed by atoms with E-state index in [1.165, 1.54) is 19.1 Å². The summed E-state index contributed by atoms with van der Waals surface area (Å²) >= 11 is 14.2. The Morgan fingerprint density at radius 1 is 1.06 bits per heavy atom. The highest BCUT2D eigenvalue weighted by molar-refractivity contribution is 9.13. The molecule has 0 radical (unpaired) electrons. The fraction of sp³-hybridized carbons (Fsp3) is 0.273. The van der Waals surface area contributed by atoms with Gasteiger partial charge in [0, 0.05) is 14.2 Å². The van der Waals surface area contributed by atoms with Crippen LogP contribution in [0.5, 0.6) is 0 Å². The van der Waals surface area contributed by atoms with Gasteiger partial charge in [0.15, 0.2) is 0 Å². The quantitative estimate of drug-likeness (QED) is 0.619. The highest BCUT2D eigenvalue weighted by Crippen LogP contribution is 2.40. The lowest BCUT2D eigenvalue weighted by Gasteiger charge is -2.11. The van der Waals surface area contributed by atoms with Crippen LogP contribution in [0.15, 0.2) is 24.2 Å². The maximum Gasteiger partial charge on any atom is 0.0843 e. The van der Waals surface area contributed by atoms with E-state index in [4.69, 9.17) is 0 Å². The molecular weight excluding hydrogens is 450 g/mol. The van der Waals surface area contributed by atoms with E-state index in [0.29, 0.717) is 0 Å². The molecule has 0 aliphatic rings. The van der Waals surface area contributed by atoms with Crippen LogP contribution in [0.2, 0.25) is 0 Å². The van der Waals surface area contributed by atoms with Gasteiger partial charge in [-0.25, -0.2) is 0 Å². The molecule has 0 saturated heterocycles. The average molecular weight is 460 g/mol. The van der Waals surface area contributed by atoms with Crippen LogP contribution in [0.4, 0.5) is 0 Å². The molecule has 1 atom stereocenters. The van der Waals surface area contributed by atoms with Gasteiger partial charge in [0.25, 0.3) is 0 Å². The minimum Gasteiger partial charge on any atom is -0.308 e. The van der Waals surface area contributed by atoms with E-state index in [-0.39, 0.29) is 6.04 Å². The average Bonchev–Trinajstić information content (AvgIpc) is 2.75. The second-order valence-electron chi connectivity index (χ2n) is 3.60. The van der Waals surface area contributed by atoms with Crippen molar-refractivity contribution in [3.8, 4) is 0 Å². The molecule has 0 spiro atoms. The Bertz CT molecular complexity index is 448. The maximum atomic E-state index is 3.58. The summed E-state index contributed by atoms with van der Waals surface area (Å²) in [5, 5.41) is 3.37. The van der Waals surface area contributed by atoms with Gasteiger partial charge in [0.05, 0.1) is 13.6 Å². The second-order valence-corrected chi connectivity index (χ2v) is 9.26. The summed E-state index contributed by atoms with van der Waals surface area (Å²) < 4.78 is 3.47. The fourth-order valence-electron chi connectivity index (χ4n) is 1.56. The van der Waals surface area contributed by atoms with Crippen molar-refractivity contribution in [1.29, 1.82) is 0 Å². The molecule has 1 nitrogen and oxygen atoms in total. The normalized spacial score (nSPS) is 13.0. The minimum atomic E-state index is 0.262. The molecule has 0 aliphatic carbocycles. The van der Waals surface area contributed by atoms with Crippen LogP contribution in [-0.4, -0.2) is 7.05 Å². The van der Waals surface area contributed by atoms with Crippen molar-refractivity contribution < 1.29 is 0 Å². The minimum absolute atomic E-state index is 0.262. The number of hydrogen-bond donors (Lipinski definition) is 1. The van der Waals surface area contributed by atoms with E-state index in [1.807, 2.05) is 7.05 Å². The maximum absolute atomic E-state index is 3.58. The van der Waals surface area contributed by atoms with Crippen molar-refractivity contribution in [3.05, 3.63) is 39.5 Å². The Balaban J connectivity index is 2.39. The van der Waals surface area contributed by atoms with Gasteiger partial charge in [-0.05, 0) is 79.5 Å². The van der Waals surface area contributed by atoms with E-state index in [2.05, 4.69) is 72.2 Å². The van der Waals surface area contributed by atoms with Crippen molar-refractivity contribution in [2.24, 2.45) is 0 Å². The molecule has 2 heterocycles. The first-order valence-electron chi connectivity index (χ1n) is 4.90. The molecule has 1 unspecified atom stereocenters. The molecule has 2 aromatic rings. The highest BCUT2D eigenvalue weighted by Gasteiger charge is 2.18. The van der Waals surface area contributed by atoms with Crippen molar-refractivity contribution in [2.75, 3.05) is 7.05 Å². The second kappa shape index (κ2) is 5.84. The molecule has 0 bridgehead atoms. The molecular formula is C11H10Br3NS2. The summed E-state index contributed by atoms with van der Waals surface area (Å²) in [6.45, 7) is 2.12. The number of aryl methyl sites for hydroxylation is 1. The Labute approximate surface area is 134 Å². The lowest BCUT2D eigenvalue weighted by Crippen LogP contribution is -2.15. The summed E-state index contributed by atoms with van der Waals surface area (Å²) in [6.07, 6.45) is 0. The van der Waals surface area contributed by atoms with Gasteiger partial charge in [-0.1, -0.05) is 0 Å². The number of nitrogens with one attached hydrogen (secondary N) is 1. The smallest absolute Gasteiger partial charge is 0.0843 e. The summed E-state index contributed by atoms with van der Waals surface area (Å²) in [7, 11) is 2.00. The van der Waals surface area contributed by atoms with Crippen molar-refractivity contribution >= 4 is 70.5 Å². The largest absolute Gasteiger partial charge is 0.308 e. The third kappa shape index (κ3) is 3.04. The molecule has 17 heavy (non-hydrogen) atoms. The van der Waals surface area contributed by atoms with Crippen LogP contribution in [0.1, 0.15) is 21.4 Å². The van der Waals surface area contributed by atoms with Crippen molar-refractivity contribution in [2.45, 2.75) is 13.0 Å². The zero-order valence-electron chi connectivity index (χ0n) is 9.18. The van der Waals surface area contributed by atoms with Crippen LogP contribution in [0.3, 0.4) is 0 Å². The van der Waals surface area contributed by atoms with Gasteiger partial charge in [-0.2, -0.15) is 0 Å². The van der Waals surface area contributed by atoms with Gasteiger partial charge in [0.1, 0.15) is 0 Å². The van der Waals surface area contributed by atoms with Crippen LogP contribution in [0.25, 0.3) is 0 Å². The van der Waals surface area contributed by atoms with E-state index in [0.717, 1.165) is 8.26 Å². The van der Waals surface area contributed by atoms with E-state index in [9.17, 15) is 0 Å². The van der Waals surface area contributed by atoms with Crippen LogP contribution in [0, 0.1) is 6.92 Å². The van der Waals surface area contributed by atoms with E-state index < -0.39 is 0 Å². The molecule has 2 aromatic heterocycles. The Kier molecular flexibility index (Phi) is 4.88. The molecule has 0 fully saturated rings. The number of rotatable bonds is 3. The number of hydrogen-bond acceptors (Lipinski definition) is 3. The summed E-state index contributed by atoms with van der Waals surface area (Å²) in [4.78, 5) is 2.64. The molecule has 1 N–H and O–H groups in total. The molecule has 0 saturated carbocycles. The first-order chi connectivity index (χ1) is 8.02. The lowest BCUT2D eigenvalue weighted by atomic mass is 10.2. The topological polar surface area (TPSA) is 12.0 Å². The van der Waals surface area contributed by atoms with Crippen LogP contribution < -0.4 is 5.32 Å². The van der Waals surface area contributed by atoms with E-state index >= 15 is 0 Å². The molecule has 2 rings (SSSR count). The van der Waals surface area contributed by atoms with Crippen LogP contribution in [-0.2, 0) is 0 Å². The molecule has 0 aromatic carbocycles. The fourth-order valence-corrected chi connectivity index (χ4v) is 5.55. The van der Waals surface area contributed by atoms with Crippen molar-refractivity contribution in [3.63, 3.8) is 0 Å². The summed E-state index contributed by atoms with van der Waals surface area (Å²) in [5.74, 6) is 0.